The van der Waals surface area contributed by atoms with E-state index in [0.29, 0.717) is 12.3 Å². The Balaban J connectivity index is 2.07. The van der Waals surface area contributed by atoms with Gasteiger partial charge in [-0.15, -0.1) is 0 Å². The molecule has 0 saturated heterocycles. The van der Waals surface area contributed by atoms with E-state index in [4.69, 9.17) is 4.43 Å². The van der Waals surface area contributed by atoms with Gasteiger partial charge in [0.25, 0.3) is 8.32 Å². The number of aromatic nitrogens is 1. The lowest BCUT2D eigenvalue weighted by Gasteiger charge is -2.43. The van der Waals surface area contributed by atoms with E-state index in [9.17, 15) is 4.79 Å². The van der Waals surface area contributed by atoms with E-state index in [1.807, 2.05) is 18.2 Å². The third-order valence-corrected chi connectivity index (χ3v) is 9.82. The number of benzene rings is 2. The molecule has 0 spiro atoms. The van der Waals surface area contributed by atoms with E-state index in [1.165, 1.54) is 10.4 Å². The van der Waals surface area contributed by atoms with Crippen LogP contribution >= 0.6 is 0 Å². The van der Waals surface area contributed by atoms with Crippen LogP contribution in [0.4, 0.5) is 0 Å². The summed E-state index contributed by atoms with van der Waals surface area (Å²) in [6.45, 7) is 7.23. The van der Waals surface area contributed by atoms with Crippen molar-refractivity contribution in [2.24, 2.45) is 0 Å². The fourth-order valence-electron chi connectivity index (χ4n) is 3.54. The van der Waals surface area contributed by atoms with Crippen molar-refractivity contribution < 1.29 is 9.22 Å². The molecule has 27 heavy (non-hydrogen) atoms. The minimum absolute atomic E-state index is 0.0636. The zero-order chi connectivity index (χ0) is 19.3. The number of nitrogens with zero attached hydrogens (tertiary/aromatic N) is 1. The van der Waals surface area contributed by atoms with E-state index in [2.05, 4.69) is 74.3 Å². The van der Waals surface area contributed by atoms with E-state index < -0.39 is 8.32 Å². The van der Waals surface area contributed by atoms with Crippen LogP contribution in [-0.2, 0) is 11.0 Å². The molecule has 1 aromatic heterocycles. The highest BCUT2D eigenvalue weighted by Crippen LogP contribution is 2.37. The van der Waals surface area contributed by atoms with Crippen LogP contribution in [0.15, 0.2) is 79.0 Å². The van der Waals surface area contributed by atoms with Gasteiger partial charge < -0.3 is 4.43 Å². The topological polar surface area (TPSA) is 39.2 Å². The van der Waals surface area contributed by atoms with Crippen molar-refractivity contribution in [3.63, 3.8) is 0 Å². The summed E-state index contributed by atoms with van der Waals surface area (Å²) < 4.78 is 6.84. The lowest BCUT2D eigenvalue weighted by atomic mass is 10.2. The van der Waals surface area contributed by atoms with Gasteiger partial charge >= 0.3 is 0 Å². The summed E-state index contributed by atoms with van der Waals surface area (Å²) in [7, 11) is -2.55. The molecule has 138 valence electrons. The average Bonchev–Trinajstić information content (AvgIpc) is 2.69. The zero-order valence-electron chi connectivity index (χ0n) is 16.1. The lowest BCUT2D eigenvalue weighted by Crippen LogP contribution is -2.66. The fraction of sp³-hybridized carbons (Fsp3) is 0.217. The summed E-state index contributed by atoms with van der Waals surface area (Å²) in [5, 5.41) is 2.44. The Morgan fingerprint density at radius 3 is 1.85 bits per heavy atom. The summed E-state index contributed by atoms with van der Waals surface area (Å²) in [6, 6.07) is 24.8. The number of aldehydes is 1. The molecule has 4 heteroatoms. The van der Waals surface area contributed by atoms with Gasteiger partial charge in [0, 0.05) is 6.20 Å². The molecule has 3 rings (SSSR count). The number of hydrogen-bond donors (Lipinski definition) is 0. The Hall–Kier alpha value is -2.56. The van der Waals surface area contributed by atoms with Crippen LogP contribution in [-0.4, -0.2) is 19.6 Å². The maximum absolute atomic E-state index is 10.8. The van der Waals surface area contributed by atoms with Crippen molar-refractivity contribution in [2.75, 3.05) is 0 Å². The zero-order valence-corrected chi connectivity index (χ0v) is 17.1. The second-order valence-electron chi connectivity index (χ2n) is 7.66. The van der Waals surface area contributed by atoms with Crippen LogP contribution in [0, 0.1) is 0 Å². The number of pyridine rings is 1. The van der Waals surface area contributed by atoms with Gasteiger partial charge in [-0.1, -0.05) is 87.5 Å². The van der Waals surface area contributed by atoms with Crippen molar-refractivity contribution in [2.45, 2.75) is 32.4 Å². The Morgan fingerprint density at radius 2 is 1.44 bits per heavy atom. The van der Waals surface area contributed by atoms with Crippen LogP contribution in [0.5, 0.6) is 0 Å². The van der Waals surface area contributed by atoms with Crippen LogP contribution in [0.3, 0.4) is 0 Å². The van der Waals surface area contributed by atoms with Gasteiger partial charge in [0.15, 0.2) is 6.29 Å². The van der Waals surface area contributed by atoms with Crippen molar-refractivity contribution in [1.82, 2.24) is 4.98 Å². The summed E-state index contributed by atoms with van der Waals surface area (Å²) in [6.07, 6.45) is 2.48. The molecule has 0 radical (unpaired) electrons. The smallest absolute Gasteiger partial charge is 0.261 e. The first-order valence-corrected chi connectivity index (χ1v) is 11.0. The number of carbonyl (C=O) groups excluding carboxylic acids is 1. The maximum atomic E-state index is 10.8. The molecule has 3 nitrogen and oxygen atoms in total. The molecule has 0 bridgehead atoms. The molecule has 0 aliphatic carbocycles. The van der Waals surface area contributed by atoms with Crippen molar-refractivity contribution in [3.8, 4) is 0 Å². The van der Waals surface area contributed by atoms with Gasteiger partial charge in [0.2, 0.25) is 0 Å². The number of rotatable bonds is 6. The Labute approximate surface area is 162 Å². The minimum Gasteiger partial charge on any atom is -0.403 e. The summed E-state index contributed by atoms with van der Waals surface area (Å²) in [5.41, 5.74) is 1.40. The summed E-state index contributed by atoms with van der Waals surface area (Å²) >= 11 is 0. The van der Waals surface area contributed by atoms with E-state index >= 15 is 0 Å². The van der Waals surface area contributed by atoms with Crippen LogP contribution in [0.25, 0.3) is 0 Å². The first kappa shape index (κ1) is 19.2. The molecular weight excluding hydrogens is 350 g/mol. The second kappa shape index (κ2) is 7.99. The van der Waals surface area contributed by atoms with E-state index in [1.54, 1.807) is 12.3 Å². The number of hydrogen-bond acceptors (Lipinski definition) is 3. The quantitative estimate of drug-likeness (QED) is 0.483. The Kier molecular flexibility index (Phi) is 5.68. The van der Waals surface area contributed by atoms with Gasteiger partial charge in [0.05, 0.1) is 6.61 Å². The lowest BCUT2D eigenvalue weighted by molar-refractivity contribution is 0.111. The summed E-state index contributed by atoms with van der Waals surface area (Å²) in [5.74, 6) is 0. The third kappa shape index (κ3) is 3.92. The fourth-order valence-corrected chi connectivity index (χ4v) is 8.08. The predicted molar refractivity (Wildman–Crippen MR) is 112 cm³/mol. The number of carbonyl (C=O) groups is 1. The van der Waals surface area contributed by atoms with E-state index in [-0.39, 0.29) is 5.04 Å². The molecule has 0 saturated carbocycles. The highest BCUT2D eigenvalue weighted by atomic mass is 28.4. The molecule has 0 atom stereocenters. The largest absolute Gasteiger partial charge is 0.403 e. The molecule has 0 aliphatic heterocycles. The van der Waals surface area contributed by atoms with Gasteiger partial charge in [0.1, 0.15) is 5.69 Å². The van der Waals surface area contributed by atoms with E-state index in [0.717, 1.165) is 11.8 Å². The molecule has 0 aliphatic rings. The first-order valence-electron chi connectivity index (χ1n) is 9.12. The molecule has 0 amide bonds. The van der Waals surface area contributed by atoms with Crippen LogP contribution in [0.2, 0.25) is 5.04 Å². The van der Waals surface area contributed by atoms with Crippen LogP contribution in [0.1, 0.15) is 36.8 Å². The highest BCUT2D eigenvalue weighted by molar-refractivity contribution is 6.99. The summed E-state index contributed by atoms with van der Waals surface area (Å²) in [4.78, 5) is 15.0. The van der Waals surface area contributed by atoms with Gasteiger partial charge in [-0.3, -0.25) is 9.78 Å². The van der Waals surface area contributed by atoms with Gasteiger partial charge in [-0.05, 0) is 27.0 Å². The normalized spacial score (nSPS) is 12.0. The SMILES string of the molecule is CC(C)(C)[Si](OCc1ccc(C=O)nc1)(c1ccccc1)c1ccccc1. The average molecular weight is 376 g/mol. The monoisotopic (exact) mass is 375 g/mol. The molecule has 0 fully saturated rings. The van der Waals surface area contributed by atoms with Crippen molar-refractivity contribution >= 4 is 25.0 Å². The van der Waals surface area contributed by atoms with Crippen LogP contribution < -0.4 is 10.4 Å². The van der Waals surface area contributed by atoms with Crippen molar-refractivity contribution in [1.29, 1.82) is 0 Å². The molecular formula is C23H25NO2Si. The maximum Gasteiger partial charge on any atom is 0.261 e. The molecule has 0 N–H and O–H groups in total. The molecule has 0 unspecified atom stereocenters. The van der Waals surface area contributed by atoms with Gasteiger partial charge in [-0.2, -0.15) is 0 Å². The first-order chi connectivity index (χ1) is 13.0. The molecule has 1 heterocycles. The van der Waals surface area contributed by atoms with Gasteiger partial charge in [-0.25, -0.2) is 0 Å². The third-order valence-electron chi connectivity index (χ3n) is 4.84. The second-order valence-corrected chi connectivity index (χ2v) is 12.0. The highest BCUT2D eigenvalue weighted by Gasteiger charge is 2.50. The molecule has 2 aromatic carbocycles. The minimum atomic E-state index is -2.55. The Bertz CT molecular complexity index is 832. The van der Waals surface area contributed by atoms with Crippen molar-refractivity contribution in [3.05, 3.63) is 90.3 Å². The molecule has 3 aromatic rings. The predicted octanol–water partition coefficient (Wildman–Crippen LogP) is 3.97. The standard InChI is InChI=1S/C23H25NO2Si/c1-23(2,3)27(21-10-6-4-7-11-21,22-12-8-5-9-13-22)26-18-19-14-15-20(17-25)24-16-19/h4-17H,18H2,1-3H3. The Morgan fingerprint density at radius 1 is 0.889 bits per heavy atom.